The Kier molecular flexibility index (Phi) is 20.1. The molecule has 1 aliphatic carbocycles. The molecule has 2 saturated heterocycles. The number of fused-ring (bicyclic) bond motifs is 15. The second-order valence-electron chi connectivity index (χ2n) is 23.1. The number of Topliss-reactive ketones (excluding diaryl/α,β-unsaturated/α-hetero) is 3. The van der Waals surface area contributed by atoms with E-state index in [1.165, 1.54) is 23.6 Å². The lowest BCUT2D eigenvalue weighted by Gasteiger charge is -2.42. The van der Waals surface area contributed by atoms with Gasteiger partial charge in [-0.15, -0.1) is 0 Å². The number of amides is 1. The van der Waals surface area contributed by atoms with Gasteiger partial charge in [0, 0.05) is 58.5 Å². The third-order valence-corrected chi connectivity index (χ3v) is 17.6. The minimum Gasteiger partial charge on any atom is -0.460 e. The number of carbonyl (C=O) groups is 5. The van der Waals surface area contributed by atoms with Crippen LogP contribution in [0.5, 0.6) is 0 Å². The van der Waals surface area contributed by atoms with Gasteiger partial charge in [0.2, 0.25) is 5.79 Å². The molecule has 1 amide bonds. The molecule has 0 spiro atoms. The lowest BCUT2D eigenvalue weighted by molar-refractivity contribution is -0.265. The van der Waals surface area contributed by atoms with Gasteiger partial charge in [-0.2, -0.15) is 0 Å². The minimum absolute atomic E-state index is 0.0318. The Hall–Kier alpha value is -5.15. The lowest BCUT2D eigenvalue weighted by Crippen LogP contribution is -2.61. The molecule has 2 aromatic rings. The fourth-order valence-electron chi connectivity index (χ4n) is 12.7. The summed E-state index contributed by atoms with van der Waals surface area (Å²) in [4.78, 5) is 103. The van der Waals surface area contributed by atoms with Gasteiger partial charge in [0.05, 0.1) is 42.2 Å². The molecule has 78 heavy (non-hydrogen) atoms. The van der Waals surface area contributed by atoms with Crippen LogP contribution in [0.2, 0.25) is 0 Å². The first-order valence-corrected chi connectivity index (χ1v) is 28.1. The van der Waals surface area contributed by atoms with E-state index in [-0.39, 0.29) is 56.0 Å². The Morgan fingerprint density at radius 2 is 1.49 bits per heavy atom. The predicted molar refractivity (Wildman–Crippen MR) is 288 cm³/mol. The molecule has 4 bridgehead atoms. The summed E-state index contributed by atoms with van der Waals surface area (Å²) in [6.45, 7) is 12.2. The highest BCUT2D eigenvalue weighted by atomic mass is 16.6. The zero-order valence-corrected chi connectivity index (χ0v) is 47.2. The average Bonchev–Trinajstić information content (AvgIpc) is 3.96. The van der Waals surface area contributed by atoms with Gasteiger partial charge in [0.1, 0.15) is 30.1 Å². The normalized spacial score (nSPS) is 35.8. The number of nitrogens with zero attached hydrogens (tertiary/aromatic N) is 4. The second kappa shape index (κ2) is 26.0. The largest absolute Gasteiger partial charge is 0.460 e. The average molecular weight is 1090 g/mol. The van der Waals surface area contributed by atoms with Crippen molar-refractivity contribution < 1.29 is 63.0 Å². The summed E-state index contributed by atoms with van der Waals surface area (Å²) in [5.41, 5.74) is 0.138. The van der Waals surface area contributed by atoms with Crippen molar-refractivity contribution in [1.82, 2.24) is 18.8 Å². The number of esters is 1. The maximum absolute atomic E-state index is 14.6. The van der Waals surface area contributed by atoms with Crippen LogP contribution in [0, 0.1) is 35.5 Å². The Bertz CT molecular complexity index is 2690. The highest BCUT2D eigenvalue weighted by Crippen LogP contribution is 2.39. The molecule has 0 radical (unpaired) electrons. The van der Waals surface area contributed by atoms with Crippen molar-refractivity contribution in [2.75, 3.05) is 27.9 Å². The number of methoxy groups -OCH3 is 3. The molecule has 6 heterocycles. The molecule has 3 N–H and O–H groups in total. The summed E-state index contributed by atoms with van der Waals surface area (Å²) in [6.07, 6.45) is 5.18. The number of carbonyl (C=O) groups excluding carboxylic acids is 5. The Morgan fingerprint density at radius 1 is 0.782 bits per heavy atom. The molecule has 19 heteroatoms. The van der Waals surface area contributed by atoms with E-state index in [0.29, 0.717) is 68.2 Å². The van der Waals surface area contributed by atoms with Crippen LogP contribution >= 0.6 is 0 Å². The highest BCUT2D eigenvalue weighted by molar-refractivity contribution is 6.39. The van der Waals surface area contributed by atoms with Gasteiger partial charge in [-0.3, -0.25) is 19.2 Å². The molecule has 1 saturated carbocycles. The van der Waals surface area contributed by atoms with Gasteiger partial charge in [-0.1, -0.05) is 77.1 Å². The van der Waals surface area contributed by atoms with Gasteiger partial charge < -0.3 is 43.9 Å². The number of aromatic nitrogens is 3. The number of piperidine rings is 1. The van der Waals surface area contributed by atoms with Crippen LogP contribution in [0.4, 0.5) is 0 Å². The van der Waals surface area contributed by atoms with Crippen molar-refractivity contribution in [2.24, 2.45) is 35.5 Å². The Balaban J connectivity index is 1.26. The standard InChI is InChI=1S/C59H84N4O15/c1-33-26-37(5)51(66)53(76-10)52(67)38(6)27-34(2)47(65)32-49(35(3)28-40-20-24-46(64)50(30-40)75-9)77-56(70)45-18-14-15-25-60(45)55(69)54(68)59(73)39(7)19-22-43(78-59)31-48(74-8)36(4)29-42-21-23-44(33)63-58(72)61(57(71)62(42)63)41-16-12-11-13-17-41/h11-13,16-17,21,23,27,29,33-35,37,39-40,42-46,48-50,52-53,64,67,73H,14-15,18-20,22,24-26,28,30-32H2,1-10H3/t33-,34+,35?,37+,39+,40?,42?,43+,44?,45-,46?,48-,49-,50?,52+,53-,59?/m0/s1. The van der Waals surface area contributed by atoms with Crippen molar-refractivity contribution in [3.63, 3.8) is 0 Å². The highest BCUT2D eigenvalue weighted by Gasteiger charge is 2.53. The lowest BCUT2D eigenvalue weighted by atomic mass is 9.78. The molecular weight excluding hydrogens is 1000 g/mol. The third-order valence-electron chi connectivity index (χ3n) is 17.6. The monoisotopic (exact) mass is 1090 g/mol. The number of hydrogen-bond acceptors (Lipinski definition) is 15. The Labute approximate surface area is 457 Å². The SMILES string of the molecule is COC1CC(CC(C)[C@@H]2CC(=O)[C@H](C)C=C(C)[C@@H](O)[C@@H](OC)C(=O)[C@H](C)C[C@H](C)C3C=CC(C=C(C)[C@@H](OC)C[C@H]4CC[C@@H](C)C(O)(O4)C(=O)C(=O)N4CCCC[C@H]4C(=O)O2)n2c(=O)n(-c4ccccc4)c(=O)n23)CCC1O. The van der Waals surface area contributed by atoms with E-state index in [1.54, 1.807) is 71.2 Å². The summed E-state index contributed by atoms with van der Waals surface area (Å²) >= 11 is 0. The quantitative estimate of drug-likeness (QED) is 0.175. The number of ketones is 3. The third kappa shape index (κ3) is 12.9. The van der Waals surface area contributed by atoms with Crippen LogP contribution < -0.4 is 11.4 Å². The summed E-state index contributed by atoms with van der Waals surface area (Å²) in [5, 5.41) is 34.5. The molecule has 6 aliphatic rings. The van der Waals surface area contributed by atoms with Crippen LogP contribution in [0.25, 0.3) is 5.69 Å². The van der Waals surface area contributed by atoms with Gasteiger partial charge in [-0.05, 0) is 119 Å². The molecule has 17 atom stereocenters. The molecule has 1 aromatic carbocycles. The topological polar surface area (TPSA) is 244 Å². The number of aliphatic hydroxyl groups is 3. The molecule has 7 unspecified atom stereocenters. The molecule has 5 aliphatic heterocycles. The predicted octanol–water partition coefficient (Wildman–Crippen LogP) is 5.53. The summed E-state index contributed by atoms with van der Waals surface area (Å²) in [6, 6.07) is 5.89. The van der Waals surface area contributed by atoms with E-state index in [2.05, 4.69) is 0 Å². The number of aliphatic hydroxyl groups excluding tert-OH is 2. The van der Waals surface area contributed by atoms with Gasteiger partial charge in [0.15, 0.2) is 5.78 Å². The fourth-order valence-corrected chi connectivity index (χ4v) is 12.7. The summed E-state index contributed by atoms with van der Waals surface area (Å²) in [7, 11) is 4.38. The molecular formula is C59H84N4O15. The molecule has 19 nitrogen and oxygen atoms in total. The maximum atomic E-state index is 14.6. The fraction of sp³-hybridized carbons (Fsp3) is 0.678. The first-order valence-electron chi connectivity index (χ1n) is 28.1. The van der Waals surface area contributed by atoms with E-state index < -0.39 is 119 Å². The van der Waals surface area contributed by atoms with Crippen molar-refractivity contribution in [3.8, 4) is 5.69 Å². The number of allylic oxidation sites excluding steroid dienone is 4. The maximum Gasteiger partial charge on any atom is 0.352 e. The van der Waals surface area contributed by atoms with Gasteiger partial charge in [-0.25, -0.2) is 28.3 Å². The van der Waals surface area contributed by atoms with E-state index in [1.807, 2.05) is 39.0 Å². The van der Waals surface area contributed by atoms with E-state index >= 15 is 0 Å². The van der Waals surface area contributed by atoms with E-state index in [4.69, 9.17) is 23.7 Å². The van der Waals surface area contributed by atoms with Crippen LogP contribution in [-0.4, -0.2) is 146 Å². The smallest absolute Gasteiger partial charge is 0.352 e. The zero-order valence-electron chi connectivity index (χ0n) is 47.2. The summed E-state index contributed by atoms with van der Waals surface area (Å²) < 4.78 is 33.8. The first kappa shape index (κ1) is 60.5. The minimum atomic E-state index is -2.55. The number of ether oxygens (including phenoxy) is 5. The number of benzene rings is 1. The van der Waals surface area contributed by atoms with Gasteiger partial charge in [0.25, 0.3) is 11.7 Å². The van der Waals surface area contributed by atoms with Gasteiger partial charge >= 0.3 is 17.3 Å². The van der Waals surface area contributed by atoms with Crippen LogP contribution in [-0.2, 0) is 47.7 Å². The molecule has 8 rings (SSSR count). The van der Waals surface area contributed by atoms with Crippen molar-refractivity contribution in [2.45, 2.75) is 192 Å². The van der Waals surface area contributed by atoms with E-state index in [0.717, 1.165) is 9.47 Å². The number of rotatable bonds is 7. The zero-order chi connectivity index (χ0) is 56.9. The second-order valence-corrected chi connectivity index (χ2v) is 23.1. The number of hydrogen-bond donors (Lipinski definition) is 3. The van der Waals surface area contributed by atoms with Crippen LogP contribution in [0.3, 0.4) is 0 Å². The van der Waals surface area contributed by atoms with Crippen LogP contribution in [0.1, 0.15) is 138 Å². The molecule has 3 fully saturated rings. The van der Waals surface area contributed by atoms with Crippen molar-refractivity contribution in [1.29, 1.82) is 0 Å². The molecule has 1 aromatic heterocycles. The van der Waals surface area contributed by atoms with Crippen molar-refractivity contribution in [3.05, 3.63) is 86.8 Å². The first-order chi connectivity index (χ1) is 37.0. The summed E-state index contributed by atoms with van der Waals surface area (Å²) in [5.74, 6) is -9.44. The van der Waals surface area contributed by atoms with Crippen molar-refractivity contribution >= 4 is 29.2 Å². The Morgan fingerprint density at radius 3 is 2.17 bits per heavy atom. The van der Waals surface area contributed by atoms with E-state index in [9.17, 15) is 48.9 Å². The van der Waals surface area contributed by atoms with Crippen LogP contribution in [0.15, 0.2) is 75.4 Å². The number of para-hydroxylation sites is 1. The molecule has 430 valence electrons.